The summed E-state index contributed by atoms with van der Waals surface area (Å²) in [5, 5.41) is 17.1. The molecule has 0 aliphatic carbocycles. The first-order valence-corrected chi connectivity index (χ1v) is 7.29. The van der Waals surface area contributed by atoms with Crippen LogP contribution in [0.5, 0.6) is 0 Å². The summed E-state index contributed by atoms with van der Waals surface area (Å²) in [6.07, 6.45) is 3.17. The SMILES string of the molecule is CC(C)(C)n1cc(C#N)cc1NC(=O)NC1CCCNC1=O. The van der Waals surface area contributed by atoms with Crippen LogP contribution < -0.4 is 16.0 Å². The van der Waals surface area contributed by atoms with Crippen molar-refractivity contribution in [2.75, 3.05) is 11.9 Å². The van der Waals surface area contributed by atoms with Gasteiger partial charge in [0.2, 0.25) is 5.91 Å². The van der Waals surface area contributed by atoms with Crippen molar-refractivity contribution in [1.82, 2.24) is 15.2 Å². The average Bonchev–Trinajstić information content (AvgIpc) is 2.84. The van der Waals surface area contributed by atoms with Crippen molar-refractivity contribution >= 4 is 17.8 Å². The van der Waals surface area contributed by atoms with Crippen LogP contribution in [0.2, 0.25) is 0 Å². The van der Waals surface area contributed by atoms with E-state index < -0.39 is 12.1 Å². The molecule has 1 saturated heterocycles. The lowest BCUT2D eigenvalue weighted by molar-refractivity contribution is -0.124. The number of nitriles is 1. The van der Waals surface area contributed by atoms with Gasteiger partial charge in [0.05, 0.1) is 5.56 Å². The van der Waals surface area contributed by atoms with Crippen LogP contribution in [0.25, 0.3) is 0 Å². The molecule has 2 rings (SSSR count). The van der Waals surface area contributed by atoms with Gasteiger partial charge in [0, 0.05) is 18.3 Å². The molecule has 2 heterocycles. The lowest BCUT2D eigenvalue weighted by atomic mass is 10.1. The fourth-order valence-corrected chi connectivity index (χ4v) is 2.40. The van der Waals surface area contributed by atoms with Gasteiger partial charge in [-0.05, 0) is 39.7 Å². The summed E-state index contributed by atoms with van der Waals surface area (Å²) in [5.74, 6) is 0.364. The van der Waals surface area contributed by atoms with Crippen LogP contribution in [0.3, 0.4) is 0 Å². The van der Waals surface area contributed by atoms with Gasteiger partial charge in [-0.25, -0.2) is 4.79 Å². The average molecular weight is 303 g/mol. The molecule has 1 aliphatic heterocycles. The van der Waals surface area contributed by atoms with Crippen molar-refractivity contribution in [3.63, 3.8) is 0 Å². The number of hydrogen-bond acceptors (Lipinski definition) is 3. The monoisotopic (exact) mass is 303 g/mol. The topological polar surface area (TPSA) is 98.9 Å². The first kappa shape index (κ1) is 15.9. The van der Waals surface area contributed by atoms with E-state index in [0.717, 1.165) is 6.42 Å². The lowest BCUT2D eigenvalue weighted by Crippen LogP contribution is -2.51. The number of aromatic nitrogens is 1. The van der Waals surface area contributed by atoms with Crippen LogP contribution in [0, 0.1) is 11.3 Å². The molecule has 1 aromatic rings. The zero-order valence-corrected chi connectivity index (χ0v) is 13.1. The number of carbonyl (C=O) groups excluding carboxylic acids is 2. The Balaban J connectivity index is 2.10. The van der Waals surface area contributed by atoms with E-state index in [1.165, 1.54) is 0 Å². The highest BCUT2D eigenvalue weighted by Crippen LogP contribution is 2.23. The highest BCUT2D eigenvalue weighted by atomic mass is 16.2. The van der Waals surface area contributed by atoms with E-state index in [0.29, 0.717) is 24.3 Å². The van der Waals surface area contributed by atoms with E-state index in [9.17, 15) is 9.59 Å². The smallest absolute Gasteiger partial charge is 0.321 e. The number of urea groups is 1. The largest absolute Gasteiger partial charge is 0.354 e. The molecule has 22 heavy (non-hydrogen) atoms. The Labute approximate surface area is 129 Å². The molecule has 0 aromatic carbocycles. The van der Waals surface area contributed by atoms with E-state index in [1.807, 2.05) is 25.3 Å². The second-order valence-electron chi connectivity index (χ2n) is 6.35. The minimum absolute atomic E-state index is 0.162. The fraction of sp³-hybridized carbons (Fsp3) is 0.533. The maximum absolute atomic E-state index is 12.1. The normalized spacial score (nSPS) is 18.3. The maximum atomic E-state index is 12.1. The van der Waals surface area contributed by atoms with Gasteiger partial charge in [-0.1, -0.05) is 0 Å². The molecule has 1 unspecified atom stereocenters. The number of anilines is 1. The van der Waals surface area contributed by atoms with Gasteiger partial charge in [-0.2, -0.15) is 5.26 Å². The summed E-state index contributed by atoms with van der Waals surface area (Å²) in [4.78, 5) is 23.8. The first-order valence-electron chi connectivity index (χ1n) is 7.29. The Morgan fingerprint density at radius 2 is 2.23 bits per heavy atom. The van der Waals surface area contributed by atoms with Crippen molar-refractivity contribution < 1.29 is 9.59 Å². The first-order chi connectivity index (χ1) is 10.3. The number of piperidine rings is 1. The van der Waals surface area contributed by atoms with E-state index in [-0.39, 0.29) is 11.4 Å². The molecule has 1 atom stereocenters. The Kier molecular flexibility index (Phi) is 4.40. The molecular weight excluding hydrogens is 282 g/mol. The van der Waals surface area contributed by atoms with Crippen LogP contribution in [0.15, 0.2) is 12.3 Å². The minimum Gasteiger partial charge on any atom is -0.354 e. The molecule has 0 bridgehead atoms. The zero-order chi connectivity index (χ0) is 16.3. The highest BCUT2D eigenvalue weighted by molar-refractivity contribution is 5.93. The molecule has 0 spiro atoms. The summed E-state index contributed by atoms with van der Waals surface area (Å²) in [7, 11) is 0. The molecule has 3 amide bonds. The van der Waals surface area contributed by atoms with Crippen LogP contribution in [-0.4, -0.2) is 29.1 Å². The van der Waals surface area contributed by atoms with Crippen LogP contribution in [0.4, 0.5) is 10.6 Å². The van der Waals surface area contributed by atoms with Gasteiger partial charge in [-0.3, -0.25) is 10.1 Å². The molecule has 1 aliphatic rings. The van der Waals surface area contributed by atoms with Gasteiger partial charge in [0.25, 0.3) is 0 Å². The Bertz CT molecular complexity index is 621. The van der Waals surface area contributed by atoms with E-state index in [1.54, 1.807) is 12.3 Å². The van der Waals surface area contributed by atoms with E-state index in [2.05, 4.69) is 22.0 Å². The standard InChI is InChI=1S/C15H21N5O2/c1-15(2,3)20-9-10(8-16)7-12(20)19-14(22)18-11-5-4-6-17-13(11)21/h7,9,11H,4-6H2,1-3H3,(H,17,21)(H2,18,19,22). The molecule has 1 fully saturated rings. The van der Waals surface area contributed by atoms with Crippen molar-refractivity contribution in [3.05, 3.63) is 17.8 Å². The number of amides is 3. The van der Waals surface area contributed by atoms with Crippen LogP contribution in [-0.2, 0) is 10.3 Å². The molecule has 1 aromatic heterocycles. The summed E-state index contributed by atoms with van der Waals surface area (Å²) in [6.45, 7) is 6.58. The van der Waals surface area contributed by atoms with Crippen molar-refractivity contribution in [2.24, 2.45) is 0 Å². The van der Waals surface area contributed by atoms with Gasteiger partial charge in [-0.15, -0.1) is 0 Å². The van der Waals surface area contributed by atoms with Gasteiger partial charge in [0.15, 0.2) is 0 Å². The number of rotatable bonds is 2. The Hall–Kier alpha value is -2.49. The Morgan fingerprint density at radius 3 is 2.82 bits per heavy atom. The summed E-state index contributed by atoms with van der Waals surface area (Å²) >= 11 is 0. The zero-order valence-electron chi connectivity index (χ0n) is 13.1. The van der Waals surface area contributed by atoms with Crippen molar-refractivity contribution in [2.45, 2.75) is 45.2 Å². The summed E-state index contributed by atoms with van der Waals surface area (Å²) in [5.41, 5.74) is 0.195. The van der Waals surface area contributed by atoms with Crippen molar-refractivity contribution in [1.29, 1.82) is 5.26 Å². The second kappa shape index (κ2) is 6.10. The van der Waals surface area contributed by atoms with Gasteiger partial charge < -0.3 is 15.2 Å². The van der Waals surface area contributed by atoms with E-state index >= 15 is 0 Å². The molecular formula is C15H21N5O2. The van der Waals surface area contributed by atoms with Crippen LogP contribution in [0.1, 0.15) is 39.2 Å². The minimum atomic E-state index is -0.512. The molecule has 3 N–H and O–H groups in total. The quantitative estimate of drug-likeness (QED) is 0.772. The van der Waals surface area contributed by atoms with Crippen molar-refractivity contribution in [3.8, 4) is 6.07 Å². The third kappa shape index (κ3) is 3.58. The fourth-order valence-electron chi connectivity index (χ4n) is 2.40. The third-order valence-electron chi connectivity index (χ3n) is 3.50. The summed E-state index contributed by atoms with van der Waals surface area (Å²) < 4.78 is 1.83. The molecule has 7 nitrogen and oxygen atoms in total. The molecule has 0 radical (unpaired) electrons. The third-order valence-corrected chi connectivity index (χ3v) is 3.50. The molecule has 118 valence electrons. The van der Waals surface area contributed by atoms with Crippen LogP contribution >= 0.6 is 0 Å². The number of nitrogens with zero attached hydrogens (tertiary/aromatic N) is 2. The highest BCUT2D eigenvalue weighted by Gasteiger charge is 2.25. The molecule has 0 saturated carbocycles. The predicted molar refractivity (Wildman–Crippen MR) is 82.3 cm³/mol. The second-order valence-corrected chi connectivity index (χ2v) is 6.35. The van der Waals surface area contributed by atoms with E-state index in [4.69, 9.17) is 5.26 Å². The molecule has 7 heteroatoms. The number of nitrogens with one attached hydrogen (secondary N) is 3. The number of carbonyl (C=O) groups is 2. The summed E-state index contributed by atoms with van der Waals surface area (Å²) in [6, 6.07) is 2.72. The van der Waals surface area contributed by atoms with Gasteiger partial charge >= 0.3 is 6.03 Å². The maximum Gasteiger partial charge on any atom is 0.321 e. The predicted octanol–water partition coefficient (Wildman–Crippen LogP) is 1.51. The Morgan fingerprint density at radius 1 is 1.50 bits per heavy atom. The van der Waals surface area contributed by atoms with Gasteiger partial charge in [0.1, 0.15) is 17.9 Å². The lowest BCUT2D eigenvalue weighted by Gasteiger charge is -2.26. The number of hydrogen-bond donors (Lipinski definition) is 3.